The van der Waals surface area contributed by atoms with E-state index in [2.05, 4.69) is 33.1 Å². The molecule has 0 radical (unpaired) electrons. The van der Waals surface area contributed by atoms with Crippen LogP contribution >= 0.6 is 0 Å². The maximum Gasteiger partial charge on any atom is 0.218 e. The van der Waals surface area contributed by atoms with Gasteiger partial charge in [0.15, 0.2) is 0 Å². The fourth-order valence-electron chi connectivity index (χ4n) is 4.04. The van der Waals surface area contributed by atoms with E-state index in [0.717, 1.165) is 36.0 Å². The molecular weight excluding hydrogens is 336 g/mol. The smallest absolute Gasteiger partial charge is 0.218 e. The fraction of sp³-hybridized carbons (Fsp3) is 0.318. The number of aryl methyl sites for hydroxylation is 1. The van der Waals surface area contributed by atoms with Gasteiger partial charge in [-0.2, -0.15) is 0 Å². The van der Waals surface area contributed by atoms with Gasteiger partial charge in [-0.05, 0) is 42.3 Å². The van der Waals surface area contributed by atoms with Crippen molar-refractivity contribution in [1.82, 2.24) is 14.9 Å². The largest absolute Gasteiger partial charge is 0.370 e. The molecule has 5 nitrogen and oxygen atoms in total. The third-order valence-corrected chi connectivity index (χ3v) is 5.36. The topological polar surface area (TPSA) is 72.1 Å². The first kappa shape index (κ1) is 17.6. The van der Waals surface area contributed by atoms with E-state index in [1.54, 1.807) is 0 Å². The van der Waals surface area contributed by atoms with Crippen molar-refractivity contribution in [1.29, 1.82) is 0 Å². The zero-order valence-electron chi connectivity index (χ0n) is 15.3. The Hall–Kier alpha value is -2.79. The van der Waals surface area contributed by atoms with Crippen molar-refractivity contribution in [2.75, 3.05) is 6.54 Å². The van der Waals surface area contributed by atoms with Crippen molar-refractivity contribution in [3.8, 4) is 0 Å². The first-order chi connectivity index (χ1) is 13.2. The Morgan fingerprint density at radius 2 is 2.00 bits per heavy atom. The Balaban J connectivity index is 1.68. The molecule has 0 spiro atoms. The molecule has 1 amide bonds. The van der Waals surface area contributed by atoms with Gasteiger partial charge >= 0.3 is 0 Å². The van der Waals surface area contributed by atoms with Crippen molar-refractivity contribution in [3.05, 3.63) is 71.8 Å². The molecule has 1 aromatic carbocycles. The summed E-state index contributed by atoms with van der Waals surface area (Å²) in [6.45, 7) is 1.29. The molecule has 1 atom stereocenters. The lowest BCUT2D eigenvalue weighted by atomic mass is 9.90. The van der Waals surface area contributed by atoms with E-state index in [1.165, 1.54) is 10.9 Å². The highest BCUT2D eigenvalue weighted by atomic mass is 16.1. The van der Waals surface area contributed by atoms with Crippen LogP contribution in [0.4, 0.5) is 0 Å². The molecule has 138 valence electrons. The summed E-state index contributed by atoms with van der Waals surface area (Å²) in [5, 5.41) is 2.33. The minimum Gasteiger partial charge on any atom is -0.370 e. The molecule has 2 heterocycles. The average Bonchev–Trinajstić information content (AvgIpc) is 2.71. The van der Waals surface area contributed by atoms with E-state index in [0.29, 0.717) is 19.5 Å². The minimum atomic E-state index is -0.275. The molecule has 0 aliphatic heterocycles. The molecule has 5 heteroatoms. The normalized spacial score (nSPS) is 16.4. The van der Waals surface area contributed by atoms with Gasteiger partial charge in [-0.25, -0.2) is 0 Å². The molecule has 0 saturated heterocycles. The van der Waals surface area contributed by atoms with Gasteiger partial charge in [0.2, 0.25) is 5.91 Å². The van der Waals surface area contributed by atoms with Gasteiger partial charge < -0.3 is 5.73 Å². The van der Waals surface area contributed by atoms with E-state index < -0.39 is 0 Å². The molecule has 1 aliphatic carbocycles. The van der Waals surface area contributed by atoms with E-state index in [4.69, 9.17) is 5.73 Å². The van der Waals surface area contributed by atoms with Crippen molar-refractivity contribution in [2.45, 2.75) is 38.3 Å². The summed E-state index contributed by atoms with van der Waals surface area (Å²) in [5.41, 5.74) is 8.92. The van der Waals surface area contributed by atoms with Gasteiger partial charge in [0.05, 0.1) is 17.4 Å². The summed E-state index contributed by atoms with van der Waals surface area (Å²) >= 11 is 0. The monoisotopic (exact) mass is 360 g/mol. The lowest BCUT2D eigenvalue weighted by molar-refractivity contribution is -0.118. The van der Waals surface area contributed by atoms with Crippen LogP contribution in [0.25, 0.3) is 10.8 Å². The van der Waals surface area contributed by atoms with Crippen LogP contribution in [-0.4, -0.2) is 27.3 Å². The number of nitrogens with two attached hydrogens (primary N) is 1. The molecular formula is C22H24N4O. The lowest BCUT2D eigenvalue weighted by Crippen LogP contribution is -2.34. The van der Waals surface area contributed by atoms with Crippen molar-refractivity contribution in [3.63, 3.8) is 0 Å². The van der Waals surface area contributed by atoms with Crippen LogP contribution in [0.3, 0.4) is 0 Å². The van der Waals surface area contributed by atoms with Gasteiger partial charge in [-0.15, -0.1) is 0 Å². The molecule has 3 aromatic rings. The van der Waals surface area contributed by atoms with Crippen molar-refractivity contribution >= 4 is 16.7 Å². The van der Waals surface area contributed by atoms with Crippen LogP contribution in [-0.2, 0) is 17.8 Å². The van der Waals surface area contributed by atoms with Crippen LogP contribution < -0.4 is 5.73 Å². The lowest BCUT2D eigenvalue weighted by Gasteiger charge is -2.34. The highest BCUT2D eigenvalue weighted by Gasteiger charge is 2.28. The number of hydrogen-bond donors (Lipinski definition) is 1. The number of nitrogens with zero attached hydrogens (tertiary/aromatic N) is 3. The average molecular weight is 360 g/mol. The predicted molar refractivity (Wildman–Crippen MR) is 106 cm³/mol. The summed E-state index contributed by atoms with van der Waals surface area (Å²) in [6, 6.07) is 14.7. The van der Waals surface area contributed by atoms with E-state index in [1.807, 2.05) is 36.7 Å². The van der Waals surface area contributed by atoms with Crippen LogP contribution in [0.1, 0.15) is 42.3 Å². The number of amides is 1. The second-order valence-electron chi connectivity index (χ2n) is 7.12. The number of rotatable bonds is 6. The fourth-order valence-corrected chi connectivity index (χ4v) is 4.04. The summed E-state index contributed by atoms with van der Waals surface area (Å²) in [5.74, 6) is -0.275. The molecule has 0 bridgehead atoms. The van der Waals surface area contributed by atoms with E-state index in [9.17, 15) is 4.79 Å². The number of primary amides is 1. The molecule has 2 aromatic heterocycles. The third-order valence-electron chi connectivity index (χ3n) is 5.36. The number of fused-ring (bicyclic) bond motifs is 2. The maximum absolute atomic E-state index is 11.5. The van der Waals surface area contributed by atoms with Gasteiger partial charge in [0.1, 0.15) is 0 Å². The van der Waals surface area contributed by atoms with Gasteiger partial charge in [0.25, 0.3) is 0 Å². The highest BCUT2D eigenvalue weighted by molar-refractivity contribution is 5.84. The molecule has 0 fully saturated rings. The number of benzene rings is 1. The number of carbonyl (C=O) groups excluding carboxylic acids is 1. The van der Waals surface area contributed by atoms with Crippen LogP contribution in [0.15, 0.2) is 54.9 Å². The molecule has 1 aliphatic rings. The van der Waals surface area contributed by atoms with Gasteiger partial charge in [-0.1, -0.05) is 30.3 Å². The number of aromatic nitrogens is 2. The zero-order chi connectivity index (χ0) is 18.6. The van der Waals surface area contributed by atoms with Crippen molar-refractivity contribution < 1.29 is 4.79 Å². The first-order valence-corrected chi connectivity index (χ1v) is 9.51. The summed E-state index contributed by atoms with van der Waals surface area (Å²) in [6.07, 6.45) is 7.28. The zero-order valence-corrected chi connectivity index (χ0v) is 15.3. The number of hydrogen-bond acceptors (Lipinski definition) is 4. The Bertz CT molecular complexity index is 950. The van der Waals surface area contributed by atoms with Crippen LogP contribution in [0.2, 0.25) is 0 Å². The Kier molecular flexibility index (Phi) is 5.12. The molecule has 0 saturated carbocycles. The van der Waals surface area contributed by atoms with Crippen LogP contribution in [0.5, 0.6) is 0 Å². The number of pyridine rings is 2. The second-order valence-corrected chi connectivity index (χ2v) is 7.12. The molecule has 27 heavy (non-hydrogen) atoms. The van der Waals surface area contributed by atoms with E-state index >= 15 is 0 Å². The Morgan fingerprint density at radius 1 is 1.11 bits per heavy atom. The Labute approximate surface area is 159 Å². The van der Waals surface area contributed by atoms with Gasteiger partial charge in [-0.3, -0.25) is 19.7 Å². The second kappa shape index (κ2) is 7.84. The SMILES string of the molecule is NC(=O)CCN(Cc1nccc2ccccc12)[C@H]1CCCc2cccnc21. The Morgan fingerprint density at radius 3 is 2.89 bits per heavy atom. The summed E-state index contributed by atoms with van der Waals surface area (Å²) in [7, 11) is 0. The van der Waals surface area contributed by atoms with Crippen LogP contribution in [0, 0.1) is 0 Å². The summed E-state index contributed by atoms with van der Waals surface area (Å²) < 4.78 is 0. The number of carbonyl (C=O) groups is 1. The predicted octanol–water partition coefficient (Wildman–Crippen LogP) is 3.38. The maximum atomic E-state index is 11.5. The quantitative estimate of drug-likeness (QED) is 0.731. The highest BCUT2D eigenvalue weighted by Crippen LogP contribution is 2.34. The minimum absolute atomic E-state index is 0.190. The summed E-state index contributed by atoms with van der Waals surface area (Å²) in [4.78, 5) is 23.1. The van der Waals surface area contributed by atoms with Crippen molar-refractivity contribution in [2.24, 2.45) is 5.73 Å². The molecule has 2 N–H and O–H groups in total. The van der Waals surface area contributed by atoms with E-state index in [-0.39, 0.29) is 11.9 Å². The molecule has 0 unspecified atom stereocenters. The van der Waals surface area contributed by atoms with Gasteiger partial charge in [0, 0.05) is 37.3 Å². The standard InChI is InChI=1S/C22H24N4O/c23-21(27)11-14-26(20-9-3-6-17-7-4-12-25-22(17)20)15-19-18-8-2-1-5-16(18)10-13-24-19/h1-2,4-5,7-8,10,12-13,20H,3,6,9,11,14-15H2,(H2,23,27)/t20-/m0/s1. The third kappa shape index (κ3) is 3.83. The first-order valence-electron chi connectivity index (χ1n) is 9.51. The molecule has 4 rings (SSSR count).